The second-order valence-corrected chi connectivity index (χ2v) is 11.3. The van der Waals surface area contributed by atoms with E-state index in [1.807, 2.05) is 48.5 Å². The van der Waals surface area contributed by atoms with Crippen molar-refractivity contribution in [1.29, 1.82) is 0 Å². The van der Waals surface area contributed by atoms with Crippen LogP contribution in [0.4, 0.5) is 0 Å². The second-order valence-electron chi connectivity index (χ2n) is 11.3. The van der Waals surface area contributed by atoms with E-state index in [2.05, 4.69) is 16.7 Å². The summed E-state index contributed by atoms with van der Waals surface area (Å²) in [5.41, 5.74) is 15.6. The molecule has 4 amide bonds. The number of amides is 4. The number of nitrogens with one attached hydrogen (secondary N) is 2. The second kappa shape index (κ2) is 12.6. The van der Waals surface area contributed by atoms with E-state index in [9.17, 15) is 19.2 Å². The molecule has 1 fully saturated rings. The van der Waals surface area contributed by atoms with Crippen LogP contribution in [0, 0.1) is 0 Å². The number of likely N-dealkylation sites (tertiary alicyclic amines) is 1. The number of primary amides is 1. The molecule has 9 heteroatoms. The Hall–Kier alpha value is -4.50. The van der Waals surface area contributed by atoms with Gasteiger partial charge in [0.25, 0.3) is 0 Å². The summed E-state index contributed by atoms with van der Waals surface area (Å²) in [5, 5.41) is 6.00. The van der Waals surface area contributed by atoms with Gasteiger partial charge in [-0.25, -0.2) is 0 Å². The highest BCUT2D eigenvalue weighted by molar-refractivity contribution is 5.94. The van der Waals surface area contributed by atoms with Gasteiger partial charge in [0.15, 0.2) is 0 Å². The van der Waals surface area contributed by atoms with Crippen LogP contribution in [-0.4, -0.2) is 53.2 Å². The smallest absolute Gasteiger partial charge is 0.248 e. The summed E-state index contributed by atoms with van der Waals surface area (Å²) in [7, 11) is 0. The molecule has 1 aliphatic carbocycles. The molecule has 0 saturated carbocycles. The van der Waals surface area contributed by atoms with Crippen LogP contribution in [0.25, 0.3) is 0 Å². The largest absolute Gasteiger partial charge is 0.366 e. The molecule has 0 aromatic heterocycles. The van der Waals surface area contributed by atoms with Crippen molar-refractivity contribution in [2.24, 2.45) is 11.5 Å². The van der Waals surface area contributed by atoms with Crippen LogP contribution in [-0.2, 0) is 27.2 Å². The van der Waals surface area contributed by atoms with Crippen molar-refractivity contribution in [3.63, 3.8) is 0 Å². The van der Waals surface area contributed by atoms with Gasteiger partial charge in [-0.15, -0.1) is 0 Å². The summed E-state index contributed by atoms with van der Waals surface area (Å²) in [6.07, 6.45) is 2.25. The third kappa shape index (κ3) is 6.36. The van der Waals surface area contributed by atoms with Crippen LogP contribution in [0.5, 0.6) is 0 Å². The maximum Gasteiger partial charge on any atom is 0.248 e. The van der Waals surface area contributed by atoms with E-state index in [0.717, 1.165) is 24.0 Å². The Bertz CT molecular complexity index is 1470. The van der Waals surface area contributed by atoms with Gasteiger partial charge < -0.3 is 27.0 Å². The summed E-state index contributed by atoms with van der Waals surface area (Å²) in [6, 6.07) is 21.9. The van der Waals surface area contributed by atoms with Gasteiger partial charge in [0.1, 0.15) is 12.1 Å². The van der Waals surface area contributed by atoms with Gasteiger partial charge in [-0.2, -0.15) is 0 Å². The first-order valence-corrected chi connectivity index (χ1v) is 14.4. The lowest BCUT2D eigenvalue weighted by atomic mass is 9.96. The van der Waals surface area contributed by atoms with Gasteiger partial charge in [0, 0.05) is 24.4 Å². The number of carbonyl (C=O) groups excluding carboxylic acids is 4. The first-order chi connectivity index (χ1) is 20.2. The Kier molecular flexibility index (Phi) is 8.68. The van der Waals surface area contributed by atoms with Crippen molar-refractivity contribution < 1.29 is 19.2 Å². The number of benzene rings is 3. The van der Waals surface area contributed by atoms with Crippen LogP contribution < -0.4 is 22.1 Å². The molecule has 1 saturated heterocycles. The number of carbonyl (C=O) groups is 4. The van der Waals surface area contributed by atoms with Crippen LogP contribution in [0.1, 0.15) is 64.3 Å². The van der Waals surface area contributed by atoms with Gasteiger partial charge in [0.2, 0.25) is 23.6 Å². The maximum absolute atomic E-state index is 14.3. The lowest BCUT2D eigenvalue weighted by molar-refractivity contribution is -0.141. The first-order valence-electron chi connectivity index (χ1n) is 14.4. The molecule has 0 spiro atoms. The minimum absolute atomic E-state index is 0.0512. The fraction of sp³-hybridized carbons (Fsp3) is 0.333. The van der Waals surface area contributed by atoms with Gasteiger partial charge in [-0.3, -0.25) is 19.2 Å². The van der Waals surface area contributed by atoms with E-state index in [-0.39, 0.29) is 30.2 Å². The normalized spacial score (nSPS) is 20.8. The van der Waals surface area contributed by atoms with E-state index in [4.69, 9.17) is 11.5 Å². The molecule has 3 aromatic carbocycles. The van der Waals surface area contributed by atoms with E-state index >= 15 is 0 Å². The number of hydrogen-bond acceptors (Lipinski definition) is 5. The topological polar surface area (TPSA) is 148 Å². The Morgan fingerprint density at radius 1 is 0.976 bits per heavy atom. The molecule has 5 rings (SSSR count). The molecule has 2 aliphatic rings. The predicted molar refractivity (Wildman–Crippen MR) is 159 cm³/mol. The molecule has 218 valence electrons. The molecule has 9 nitrogen and oxygen atoms in total. The highest BCUT2D eigenvalue weighted by atomic mass is 16.2. The van der Waals surface area contributed by atoms with Crippen molar-refractivity contribution >= 4 is 23.6 Å². The number of nitrogens with two attached hydrogens (primary N) is 2. The minimum Gasteiger partial charge on any atom is -0.366 e. The van der Waals surface area contributed by atoms with E-state index < -0.39 is 29.9 Å². The number of nitrogens with zero attached hydrogens (tertiary/aromatic N) is 1. The molecule has 6 N–H and O–H groups in total. The van der Waals surface area contributed by atoms with E-state index in [1.54, 1.807) is 36.1 Å². The first kappa shape index (κ1) is 29.0. The van der Waals surface area contributed by atoms with Crippen LogP contribution >= 0.6 is 0 Å². The molecular weight excluding hydrogens is 530 g/mol. The van der Waals surface area contributed by atoms with Gasteiger partial charge in [-0.05, 0) is 60.6 Å². The fourth-order valence-electron chi connectivity index (χ4n) is 6.06. The van der Waals surface area contributed by atoms with E-state index in [0.29, 0.717) is 24.1 Å². The van der Waals surface area contributed by atoms with Crippen LogP contribution in [0.15, 0.2) is 78.9 Å². The van der Waals surface area contributed by atoms with Crippen molar-refractivity contribution in [1.82, 2.24) is 15.5 Å². The highest BCUT2D eigenvalue weighted by Gasteiger charge is 2.43. The summed E-state index contributed by atoms with van der Waals surface area (Å²) < 4.78 is 0. The molecule has 42 heavy (non-hydrogen) atoms. The molecule has 1 aliphatic heterocycles. The molecule has 0 unspecified atom stereocenters. The van der Waals surface area contributed by atoms with Crippen LogP contribution in [0.2, 0.25) is 0 Å². The minimum atomic E-state index is -0.997. The zero-order valence-electron chi connectivity index (χ0n) is 23.7. The Morgan fingerprint density at radius 2 is 1.71 bits per heavy atom. The lowest BCUT2D eigenvalue weighted by Gasteiger charge is -2.30. The zero-order chi connectivity index (χ0) is 29.8. The number of aryl methyl sites for hydroxylation is 1. The van der Waals surface area contributed by atoms with Crippen molar-refractivity contribution in [3.05, 3.63) is 107 Å². The molecule has 0 bridgehead atoms. The number of rotatable bonds is 9. The summed E-state index contributed by atoms with van der Waals surface area (Å²) >= 11 is 0. The number of fused-ring (bicyclic) bond motifs is 1. The predicted octanol–water partition coefficient (Wildman–Crippen LogP) is 2.35. The van der Waals surface area contributed by atoms with E-state index in [1.165, 1.54) is 5.56 Å². The van der Waals surface area contributed by atoms with Crippen LogP contribution in [0.3, 0.4) is 0 Å². The van der Waals surface area contributed by atoms with Crippen molar-refractivity contribution in [2.45, 2.75) is 62.7 Å². The lowest BCUT2D eigenvalue weighted by Crippen LogP contribution is -2.56. The summed E-state index contributed by atoms with van der Waals surface area (Å²) in [4.78, 5) is 54.2. The molecule has 5 atom stereocenters. The standard InChI is InChI=1S/C33H37N5O4/c1-20(34)31(40)37-28(17-21-8-7-12-24(16-21)30(35)39)33(42)38-19-25(22-9-3-2-4-10-22)18-29(38)32(41)36-27-15-14-23-11-5-6-13-26(23)27/h2-13,16,20,25,27-29H,14-15,17-19,34H2,1H3,(H2,35,39)(H,36,41)(H,37,40)/t20-,25+,27-,28+,29+/m1/s1. The Balaban J connectivity index is 1.43. The monoisotopic (exact) mass is 567 g/mol. The van der Waals surface area contributed by atoms with Gasteiger partial charge in [-0.1, -0.05) is 66.7 Å². The Morgan fingerprint density at radius 3 is 2.45 bits per heavy atom. The van der Waals surface area contributed by atoms with Crippen molar-refractivity contribution in [2.75, 3.05) is 6.54 Å². The average Bonchev–Trinajstić information content (AvgIpc) is 3.62. The Labute approximate surface area is 245 Å². The molecule has 3 aromatic rings. The summed E-state index contributed by atoms with van der Waals surface area (Å²) in [5.74, 6) is -1.71. The third-order valence-electron chi connectivity index (χ3n) is 8.29. The maximum atomic E-state index is 14.3. The van der Waals surface area contributed by atoms with Crippen molar-refractivity contribution in [3.8, 4) is 0 Å². The molecule has 0 radical (unpaired) electrons. The quantitative estimate of drug-likeness (QED) is 0.313. The SMILES string of the molecule is C[C@@H](N)C(=O)N[C@@H](Cc1cccc(C(N)=O)c1)C(=O)N1C[C@@H](c2ccccc2)C[C@H]1C(=O)N[C@@H]1CCc2ccccc21. The molecular formula is C33H37N5O4. The van der Waals surface area contributed by atoms with Gasteiger partial charge >= 0.3 is 0 Å². The summed E-state index contributed by atoms with van der Waals surface area (Å²) in [6.45, 7) is 1.87. The van der Waals surface area contributed by atoms with Gasteiger partial charge in [0.05, 0.1) is 12.1 Å². The average molecular weight is 568 g/mol. The third-order valence-corrected chi connectivity index (χ3v) is 8.29. The molecule has 1 heterocycles. The fourth-order valence-corrected chi connectivity index (χ4v) is 6.06. The highest BCUT2D eigenvalue weighted by Crippen LogP contribution is 2.35. The number of hydrogen-bond donors (Lipinski definition) is 4. The zero-order valence-corrected chi connectivity index (χ0v) is 23.7.